The Bertz CT molecular complexity index is 641. The van der Waals surface area contributed by atoms with Gasteiger partial charge in [0.25, 0.3) is 0 Å². The lowest BCUT2D eigenvalue weighted by Crippen LogP contribution is -2.09. The van der Waals surface area contributed by atoms with Gasteiger partial charge in [-0.2, -0.15) is 13.2 Å². The van der Waals surface area contributed by atoms with E-state index in [1.54, 1.807) is 0 Å². The van der Waals surface area contributed by atoms with Crippen molar-refractivity contribution in [2.24, 2.45) is 5.41 Å². The third kappa shape index (κ3) is 4.20. The van der Waals surface area contributed by atoms with E-state index < -0.39 is 11.7 Å². The van der Waals surface area contributed by atoms with Crippen LogP contribution < -0.4 is 0 Å². The van der Waals surface area contributed by atoms with Gasteiger partial charge in [0.2, 0.25) is 0 Å². The normalized spacial score (nSPS) is 12.7. The molecular weight excluding hydrogens is 319 g/mol. The molecule has 0 fully saturated rings. The summed E-state index contributed by atoms with van der Waals surface area (Å²) < 4.78 is 38.3. The van der Waals surface area contributed by atoms with Crippen molar-refractivity contribution in [3.8, 4) is 10.6 Å². The molecule has 0 aliphatic heterocycles. The van der Waals surface area contributed by atoms with E-state index in [9.17, 15) is 13.2 Å². The number of hydrogen-bond donors (Lipinski definition) is 0. The van der Waals surface area contributed by atoms with E-state index >= 15 is 0 Å². The molecule has 0 unspecified atom stereocenters. The predicted molar refractivity (Wildman–Crippen MR) is 80.7 cm³/mol. The smallest absolute Gasteiger partial charge is 0.241 e. The van der Waals surface area contributed by atoms with Crippen molar-refractivity contribution in [3.05, 3.63) is 39.9 Å². The molecule has 0 amide bonds. The highest BCUT2D eigenvalue weighted by Gasteiger charge is 2.31. The highest BCUT2D eigenvalue weighted by atomic mass is 35.5. The first-order valence-electron chi connectivity index (χ1n) is 6.38. The van der Waals surface area contributed by atoms with Crippen LogP contribution in [0.3, 0.4) is 0 Å². The molecule has 21 heavy (non-hydrogen) atoms. The summed E-state index contributed by atoms with van der Waals surface area (Å²) >= 11 is 7.34. The van der Waals surface area contributed by atoms with Gasteiger partial charge in [0.1, 0.15) is 5.01 Å². The van der Waals surface area contributed by atoms with E-state index in [0.29, 0.717) is 10.6 Å². The molecule has 2 aromatic rings. The first-order chi connectivity index (χ1) is 9.56. The third-order valence-corrected chi connectivity index (χ3v) is 4.04. The van der Waals surface area contributed by atoms with Gasteiger partial charge in [0.15, 0.2) is 0 Å². The second kappa shape index (κ2) is 5.61. The Morgan fingerprint density at radius 3 is 2.43 bits per heavy atom. The van der Waals surface area contributed by atoms with Crippen molar-refractivity contribution in [2.75, 3.05) is 0 Å². The fourth-order valence-corrected chi connectivity index (χ4v) is 3.03. The fraction of sp³-hybridized carbons (Fsp3) is 0.400. The summed E-state index contributed by atoms with van der Waals surface area (Å²) in [4.78, 5) is 4.42. The quantitative estimate of drug-likeness (QED) is 0.649. The number of nitrogens with zero attached hydrogens (tertiary/aromatic N) is 1. The molecule has 1 nitrogen and oxygen atoms in total. The Kier molecular flexibility index (Phi) is 4.36. The molecule has 0 spiro atoms. The van der Waals surface area contributed by atoms with Crippen LogP contribution in [0.1, 0.15) is 32.0 Å². The topological polar surface area (TPSA) is 12.9 Å². The number of thiazole rings is 1. The molecule has 2 rings (SSSR count). The van der Waals surface area contributed by atoms with Crippen LogP contribution in [0.4, 0.5) is 13.2 Å². The fourth-order valence-electron chi connectivity index (χ4n) is 1.92. The van der Waals surface area contributed by atoms with Crippen LogP contribution >= 0.6 is 22.9 Å². The van der Waals surface area contributed by atoms with Gasteiger partial charge < -0.3 is 0 Å². The van der Waals surface area contributed by atoms with Crippen LogP contribution in [-0.4, -0.2) is 4.98 Å². The van der Waals surface area contributed by atoms with E-state index in [4.69, 9.17) is 11.6 Å². The summed E-state index contributed by atoms with van der Waals surface area (Å²) in [6.07, 6.45) is -3.62. The number of benzene rings is 1. The van der Waals surface area contributed by atoms with Gasteiger partial charge in [-0.15, -0.1) is 11.3 Å². The Labute approximate surface area is 130 Å². The molecule has 0 bridgehead atoms. The van der Waals surface area contributed by atoms with Crippen molar-refractivity contribution in [1.29, 1.82) is 0 Å². The van der Waals surface area contributed by atoms with Crippen LogP contribution in [0.15, 0.2) is 23.6 Å². The summed E-state index contributed by atoms with van der Waals surface area (Å²) in [5, 5.41) is 2.67. The largest absolute Gasteiger partial charge is 0.416 e. The van der Waals surface area contributed by atoms with Crippen LogP contribution in [0, 0.1) is 5.41 Å². The van der Waals surface area contributed by atoms with E-state index in [0.717, 1.165) is 24.2 Å². The standard InChI is InChI=1S/C15H15ClF3NS/c1-14(2,3)7-10-8-21-13(20-10)11-6-9(15(17,18)19)4-5-12(11)16/h4-6,8H,7H2,1-3H3. The van der Waals surface area contributed by atoms with Gasteiger partial charge in [-0.25, -0.2) is 4.98 Å². The average molecular weight is 334 g/mol. The summed E-state index contributed by atoms with van der Waals surface area (Å²) in [5.74, 6) is 0. The minimum absolute atomic E-state index is 0.0724. The molecule has 0 saturated carbocycles. The minimum Gasteiger partial charge on any atom is -0.241 e. The van der Waals surface area contributed by atoms with Gasteiger partial charge >= 0.3 is 6.18 Å². The van der Waals surface area contributed by atoms with Crippen molar-refractivity contribution < 1.29 is 13.2 Å². The lowest BCUT2D eigenvalue weighted by molar-refractivity contribution is -0.137. The maximum absolute atomic E-state index is 12.8. The monoisotopic (exact) mass is 333 g/mol. The van der Waals surface area contributed by atoms with Gasteiger partial charge in [0.05, 0.1) is 16.3 Å². The highest BCUT2D eigenvalue weighted by molar-refractivity contribution is 7.13. The molecule has 6 heteroatoms. The van der Waals surface area contributed by atoms with E-state index in [2.05, 4.69) is 25.8 Å². The van der Waals surface area contributed by atoms with Crippen molar-refractivity contribution in [3.63, 3.8) is 0 Å². The lowest BCUT2D eigenvalue weighted by atomic mass is 9.91. The van der Waals surface area contributed by atoms with Crippen LogP contribution in [-0.2, 0) is 12.6 Å². The molecule has 0 aliphatic rings. The highest BCUT2D eigenvalue weighted by Crippen LogP contribution is 2.37. The molecule has 114 valence electrons. The molecule has 0 aliphatic carbocycles. The van der Waals surface area contributed by atoms with Crippen LogP contribution in [0.2, 0.25) is 5.02 Å². The van der Waals surface area contributed by atoms with Crippen LogP contribution in [0.25, 0.3) is 10.6 Å². The molecule has 0 radical (unpaired) electrons. The maximum atomic E-state index is 12.8. The number of rotatable bonds is 2. The zero-order valence-electron chi connectivity index (χ0n) is 11.9. The number of aromatic nitrogens is 1. The molecule has 1 heterocycles. The van der Waals surface area contributed by atoms with Crippen molar-refractivity contribution in [2.45, 2.75) is 33.4 Å². The summed E-state index contributed by atoms with van der Waals surface area (Å²) in [6.45, 7) is 6.26. The Hall–Kier alpha value is -1.07. The molecular formula is C15H15ClF3NS. The minimum atomic E-state index is -4.38. The summed E-state index contributed by atoms with van der Waals surface area (Å²) in [7, 11) is 0. The number of alkyl halides is 3. The molecule has 1 aromatic carbocycles. The third-order valence-electron chi connectivity index (χ3n) is 2.79. The second-order valence-electron chi connectivity index (χ2n) is 6.07. The van der Waals surface area contributed by atoms with Gasteiger partial charge in [-0.3, -0.25) is 0 Å². The summed E-state index contributed by atoms with van der Waals surface area (Å²) in [5.41, 5.74) is 0.560. The molecule has 0 atom stereocenters. The molecule has 1 aromatic heterocycles. The van der Waals surface area contributed by atoms with E-state index in [1.165, 1.54) is 17.4 Å². The number of halogens is 4. The second-order valence-corrected chi connectivity index (χ2v) is 7.34. The van der Waals surface area contributed by atoms with Crippen molar-refractivity contribution in [1.82, 2.24) is 4.98 Å². The summed E-state index contributed by atoms with van der Waals surface area (Å²) in [6, 6.07) is 3.31. The van der Waals surface area contributed by atoms with Gasteiger partial charge in [-0.05, 0) is 30.0 Å². The number of hydrogen-bond acceptors (Lipinski definition) is 2. The predicted octanol–water partition coefficient (Wildman–Crippen LogP) is 6.07. The van der Waals surface area contributed by atoms with E-state index in [1.807, 2.05) is 5.38 Å². The molecule has 0 saturated heterocycles. The zero-order valence-corrected chi connectivity index (χ0v) is 13.5. The first-order valence-corrected chi connectivity index (χ1v) is 7.63. The van der Waals surface area contributed by atoms with Gasteiger partial charge in [0, 0.05) is 10.9 Å². The van der Waals surface area contributed by atoms with Crippen LogP contribution in [0.5, 0.6) is 0 Å². The van der Waals surface area contributed by atoms with Crippen molar-refractivity contribution >= 4 is 22.9 Å². The maximum Gasteiger partial charge on any atom is 0.416 e. The Morgan fingerprint density at radius 2 is 1.86 bits per heavy atom. The first kappa shape index (κ1) is 16.3. The average Bonchev–Trinajstić information content (AvgIpc) is 2.73. The SMILES string of the molecule is CC(C)(C)Cc1csc(-c2cc(C(F)(F)F)ccc2Cl)n1. The van der Waals surface area contributed by atoms with E-state index in [-0.39, 0.29) is 10.4 Å². The van der Waals surface area contributed by atoms with Gasteiger partial charge in [-0.1, -0.05) is 32.4 Å². The zero-order chi connectivity index (χ0) is 15.8. The Balaban J connectivity index is 2.38. The molecule has 0 N–H and O–H groups in total. The lowest BCUT2D eigenvalue weighted by Gasteiger charge is -2.15. The Morgan fingerprint density at radius 1 is 1.19 bits per heavy atom.